The molecule has 1 aromatic rings. The molecule has 1 heterocycles. The molecule has 1 aromatic heterocycles. The lowest BCUT2D eigenvalue weighted by Gasteiger charge is -2.19. The van der Waals surface area contributed by atoms with Crippen molar-refractivity contribution in [2.45, 2.75) is 19.9 Å². The number of thiophene rings is 1. The highest BCUT2D eigenvalue weighted by Crippen LogP contribution is 2.07. The first-order chi connectivity index (χ1) is 8.26. The summed E-state index contributed by atoms with van der Waals surface area (Å²) in [5.41, 5.74) is 0. The number of hydrogen-bond donors (Lipinski definition) is 2. The van der Waals surface area contributed by atoms with Gasteiger partial charge in [-0.05, 0) is 24.4 Å². The second kappa shape index (κ2) is 8.22. The van der Waals surface area contributed by atoms with E-state index in [1.54, 1.807) is 11.3 Å². The predicted octanol–water partition coefficient (Wildman–Crippen LogP) is 1.07. The van der Waals surface area contributed by atoms with Crippen LogP contribution in [-0.4, -0.2) is 42.2 Å². The maximum atomic E-state index is 11.7. The Kier molecular flexibility index (Phi) is 6.84. The van der Waals surface area contributed by atoms with E-state index in [-0.39, 0.29) is 12.5 Å². The van der Waals surface area contributed by atoms with Crippen molar-refractivity contribution in [3.63, 3.8) is 0 Å². The van der Waals surface area contributed by atoms with Crippen molar-refractivity contribution in [3.05, 3.63) is 22.4 Å². The molecule has 0 unspecified atom stereocenters. The Bertz CT molecular complexity index is 314. The Morgan fingerprint density at radius 3 is 3.00 bits per heavy atom. The van der Waals surface area contributed by atoms with Crippen LogP contribution >= 0.6 is 11.3 Å². The predicted molar refractivity (Wildman–Crippen MR) is 70.0 cm³/mol. The van der Waals surface area contributed by atoms with Gasteiger partial charge in [-0.2, -0.15) is 0 Å². The van der Waals surface area contributed by atoms with Crippen molar-refractivity contribution >= 4 is 17.2 Å². The monoisotopic (exact) mass is 256 g/mol. The number of rotatable bonds is 8. The van der Waals surface area contributed by atoms with E-state index in [2.05, 4.69) is 5.32 Å². The highest BCUT2D eigenvalue weighted by atomic mass is 32.1. The summed E-state index contributed by atoms with van der Waals surface area (Å²) in [7, 11) is 0. The standard InChI is InChI=1S/C12H20N2O2S/c1-2-14(6-4-7-15)10-12(16)13-9-11-5-3-8-17-11/h3,5,8,15H,2,4,6-7,9-10H2,1H3,(H,13,16). The average molecular weight is 256 g/mol. The summed E-state index contributed by atoms with van der Waals surface area (Å²) in [6.45, 7) is 4.79. The van der Waals surface area contributed by atoms with Gasteiger partial charge in [0, 0.05) is 18.0 Å². The first-order valence-corrected chi connectivity index (χ1v) is 6.76. The molecule has 0 atom stereocenters. The summed E-state index contributed by atoms with van der Waals surface area (Å²) in [4.78, 5) is 14.9. The van der Waals surface area contributed by atoms with E-state index in [1.807, 2.05) is 29.3 Å². The van der Waals surface area contributed by atoms with Gasteiger partial charge in [0.05, 0.1) is 13.1 Å². The molecular formula is C12H20N2O2S. The van der Waals surface area contributed by atoms with Gasteiger partial charge in [-0.3, -0.25) is 9.69 Å². The summed E-state index contributed by atoms with van der Waals surface area (Å²) in [6.07, 6.45) is 0.714. The molecule has 0 saturated heterocycles. The minimum Gasteiger partial charge on any atom is -0.396 e. The fraction of sp³-hybridized carbons (Fsp3) is 0.583. The molecule has 1 amide bonds. The zero-order chi connectivity index (χ0) is 12.5. The molecule has 0 aliphatic heterocycles. The Balaban J connectivity index is 2.22. The average Bonchev–Trinajstić information content (AvgIpc) is 2.85. The Morgan fingerprint density at radius 2 is 2.41 bits per heavy atom. The summed E-state index contributed by atoms with van der Waals surface area (Å²) < 4.78 is 0. The lowest BCUT2D eigenvalue weighted by atomic mass is 10.3. The van der Waals surface area contributed by atoms with E-state index in [4.69, 9.17) is 5.11 Å². The lowest BCUT2D eigenvalue weighted by Crippen LogP contribution is -2.37. The van der Waals surface area contributed by atoms with Gasteiger partial charge in [-0.1, -0.05) is 13.0 Å². The number of aliphatic hydroxyl groups is 1. The van der Waals surface area contributed by atoms with Crippen LogP contribution < -0.4 is 5.32 Å². The topological polar surface area (TPSA) is 52.6 Å². The largest absolute Gasteiger partial charge is 0.396 e. The minimum atomic E-state index is 0.0400. The zero-order valence-electron chi connectivity index (χ0n) is 10.2. The molecule has 0 saturated carbocycles. The Morgan fingerprint density at radius 1 is 1.59 bits per heavy atom. The van der Waals surface area contributed by atoms with E-state index in [0.717, 1.165) is 18.0 Å². The van der Waals surface area contributed by atoms with Crippen LogP contribution in [0.1, 0.15) is 18.2 Å². The number of hydrogen-bond acceptors (Lipinski definition) is 4. The van der Waals surface area contributed by atoms with Crippen LogP contribution in [0.2, 0.25) is 0 Å². The van der Waals surface area contributed by atoms with E-state index >= 15 is 0 Å². The molecule has 2 N–H and O–H groups in total. The third kappa shape index (κ3) is 5.81. The number of carbonyl (C=O) groups is 1. The first-order valence-electron chi connectivity index (χ1n) is 5.88. The molecule has 0 radical (unpaired) electrons. The lowest BCUT2D eigenvalue weighted by molar-refractivity contribution is -0.122. The first kappa shape index (κ1) is 14.2. The fourth-order valence-corrected chi connectivity index (χ4v) is 2.15. The molecule has 17 heavy (non-hydrogen) atoms. The van der Waals surface area contributed by atoms with Crippen molar-refractivity contribution in [1.29, 1.82) is 0 Å². The van der Waals surface area contributed by atoms with Gasteiger partial charge >= 0.3 is 0 Å². The second-order valence-electron chi connectivity index (χ2n) is 3.80. The molecular weight excluding hydrogens is 236 g/mol. The van der Waals surface area contributed by atoms with Crippen molar-refractivity contribution in [2.24, 2.45) is 0 Å². The molecule has 0 fully saturated rings. The normalized spacial score (nSPS) is 10.8. The molecule has 0 aromatic carbocycles. The quantitative estimate of drug-likeness (QED) is 0.731. The molecule has 5 heteroatoms. The van der Waals surface area contributed by atoms with Crippen molar-refractivity contribution in [2.75, 3.05) is 26.2 Å². The van der Waals surface area contributed by atoms with Gasteiger partial charge in [0.25, 0.3) is 0 Å². The molecule has 0 aliphatic carbocycles. The number of amides is 1. The molecule has 0 bridgehead atoms. The van der Waals surface area contributed by atoms with E-state index in [9.17, 15) is 4.79 Å². The van der Waals surface area contributed by atoms with Gasteiger partial charge in [0.15, 0.2) is 0 Å². The second-order valence-corrected chi connectivity index (χ2v) is 4.83. The molecule has 0 aliphatic rings. The van der Waals surface area contributed by atoms with Crippen LogP contribution in [-0.2, 0) is 11.3 Å². The van der Waals surface area contributed by atoms with Crippen molar-refractivity contribution in [1.82, 2.24) is 10.2 Å². The fourth-order valence-electron chi connectivity index (χ4n) is 1.50. The number of nitrogens with zero attached hydrogens (tertiary/aromatic N) is 1. The summed E-state index contributed by atoms with van der Waals surface area (Å²) >= 11 is 1.64. The summed E-state index contributed by atoms with van der Waals surface area (Å²) in [5.74, 6) is 0.0400. The van der Waals surface area contributed by atoms with Crippen LogP contribution in [0.15, 0.2) is 17.5 Å². The van der Waals surface area contributed by atoms with Crippen LogP contribution in [0, 0.1) is 0 Å². The molecule has 0 spiro atoms. The van der Waals surface area contributed by atoms with Crippen LogP contribution in [0.4, 0.5) is 0 Å². The number of likely N-dealkylation sites (N-methyl/N-ethyl adjacent to an activating group) is 1. The summed E-state index contributed by atoms with van der Waals surface area (Å²) in [5, 5.41) is 13.6. The Hall–Kier alpha value is -0.910. The van der Waals surface area contributed by atoms with Crippen LogP contribution in [0.5, 0.6) is 0 Å². The molecule has 4 nitrogen and oxygen atoms in total. The number of nitrogens with one attached hydrogen (secondary N) is 1. The SMILES string of the molecule is CCN(CCCO)CC(=O)NCc1cccs1. The van der Waals surface area contributed by atoms with Crippen molar-refractivity contribution in [3.8, 4) is 0 Å². The maximum Gasteiger partial charge on any atom is 0.234 e. The Labute approximate surface area is 106 Å². The number of carbonyl (C=O) groups excluding carboxylic acids is 1. The van der Waals surface area contributed by atoms with Crippen LogP contribution in [0.3, 0.4) is 0 Å². The number of aliphatic hydroxyl groups excluding tert-OH is 1. The van der Waals surface area contributed by atoms with E-state index in [0.29, 0.717) is 19.5 Å². The maximum absolute atomic E-state index is 11.7. The van der Waals surface area contributed by atoms with Gasteiger partial charge in [0.1, 0.15) is 0 Å². The highest BCUT2D eigenvalue weighted by Gasteiger charge is 2.08. The van der Waals surface area contributed by atoms with Gasteiger partial charge in [-0.15, -0.1) is 11.3 Å². The smallest absolute Gasteiger partial charge is 0.234 e. The third-order valence-corrected chi connectivity index (χ3v) is 3.36. The van der Waals surface area contributed by atoms with Gasteiger partial charge in [-0.25, -0.2) is 0 Å². The highest BCUT2D eigenvalue weighted by molar-refractivity contribution is 7.09. The van der Waals surface area contributed by atoms with Crippen molar-refractivity contribution < 1.29 is 9.90 Å². The van der Waals surface area contributed by atoms with Gasteiger partial charge < -0.3 is 10.4 Å². The van der Waals surface area contributed by atoms with E-state index in [1.165, 1.54) is 0 Å². The minimum absolute atomic E-state index is 0.0400. The third-order valence-electron chi connectivity index (χ3n) is 2.49. The molecule has 96 valence electrons. The zero-order valence-corrected chi connectivity index (χ0v) is 11.0. The van der Waals surface area contributed by atoms with Crippen LogP contribution in [0.25, 0.3) is 0 Å². The van der Waals surface area contributed by atoms with E-state index < -0.39 is 0 Å². The van der Waals surface area contributed by atoms with Gasteiger partial charge in [0.2, 0.25) is 5.91 Å². The summed E-state index contributed by atoms with van der Waals surface area (Å²) in [6, 6.07) is 3.99. The molecule has 1 rings (SSSR count).